The van der Waals surface area contributed by atoms with Crippen molar-refractivity contribution in [3.63, 3.8) is 0 Å². The number of ether oxygens (including phenoxy) is 2. The monoisotopic (exact) mass is 483 g/mol. The molecule has 3 heterocycles. The highest BCUT2D eigenvalue weighted by molar-refractivity contribution is 6.05. The molecule has 10 nitrogen and oxygen atoms in total. The van der Waals surface area contributed by atoms with Crippen LogP contribution in [0.15, 0.2) is 76.2 Å². The highest BCUT2D eigenvalue weighted by Gasteiger charge is 2.16. The molecule has 0 spiro atoms. The zero-order chi connectivity index (χ0) is 25.2. The van der Waals surface area contributed by atoms with E-state index >= 15 is 0 Å². The lowest BCUT2D eigenvalue weighted by Gasteiger charge is -2.10. The molecule has 0 unspecified atom stereocenters. The van der Waals surface area contributed by atoms with Gasteiger partial charge in [-0.2, -0.15) is 4.98 Å². The van der Waals surface area contributed by atoms with E-state index in [1.54, 1.807) is 61.7 Å². The van der Waals surface area contributed by atoms with Gasteiger partial charge in [-0.25, -0.2) is 14.8 Å². The lowest BCUT2D eigenvalue weighted by molar-refractivity contribution is 0.102. The number of hydrogen-bond donors (Lipinski definition) is 1. The van der Waals surface area contributed by atoms with Gasteiger partial charge in [0.05, 0.1) is 7.11 Å². The molecule has 0 atom stereocenters. The number of aryl methyl sites for hydroxylation is 2. The first-order chi connectivity index (χ1) is 17.4. The van der Waals surface area contributed by atoms with Crippen LogP contribution in [0.4, 0.5) is 5.69 Å². The Morgan fingerprint density at radius 2 is 1.86 bits per heavy atom. The van der Waals surface area contributed by atoms with Crippen molar-refractivity contribution in [3.8, 4) is 23.2 Å². The van der Waals surface area contributed by atoms with Gasteiger partial charge >= 0.3 is 5.63 Å². The largest absolute Gasteiger partial charge is 0.493 e. The molecule has 5 aromatic rings. The van der Waals surface area contributed by atoms with E-state index in [1.807, 2.05) is 17.7 Å². The van der Waals surface area contributed by atoms with E-state index in [2.05, 4.69) is 20.3 Å². The van der Waals surface area contributed by atoms with Gasteiger partial charge in [-0.1, -0.05) is 12.1 Å². The summed E-state index contributed by atoms with van der Waals surface area (Å²) in [6.45, 7) is 3.66. The van der Waals surface area contributed by atoms with Crippen molar-refractivity contribution in [2.24, 2.45) is 0 Å². The predicted octanol–water partition coefficient (Wildman–Crippen LogP) is 4.44. The minimum atomic E-state index is -0.757. The summed E-state index contributed by atoms with van der Waals surface area (Å²) < 4.78 is 18.3. The van der Waals surface area contributed by atoms with Crippen LogP contribution in [0.25, 0.3) is 16.8 Å². The van der Waals surface area contributed by atoms with E-state index < -0.39 is 11.5 Å². The number of anilines is 1. The molecule has 0 saturated heterocycles. The number of para-hydroxylation sites is 1. The molecule has 0 aliphatic rings. The molecular weight excluding hydrogens is 462 g/mol. The number of methoxy groups -OCH3 is 1. The fourth-order valence-corrected chi connectivity index (χ4v) is 3.68. The van der Waals surface area contributed by atoms with Crippen molar-refractivity contribution in [1.82, 2.24) is 19.5 Å². The van der Waals surface area contributed by atoms with Crippen LogP contribution < -0.4 is 20.4 Å². The van der Waals surface area contributed by atoms with Crippen molar-refractivity contribution < 1.29 is 18.7 Å². The van der Waals surface area contributed by atoms with Crippen molar-refractivity contribution in [3.05, 3.63) is 94.6 Å². The molecule has 180 valence electrons. The van der Waals surface area contributed by atoms with Crippen LogP contribution in [0.5, 0.6) is 17.4 Å². The third-order valence-electron chi connectivity index (χ3n) is 5.40. The number of benzene rings is 2. The third kappa shape index (κ3) is 4.51. The normalized spacial score (nSPS) is 10.9. The Morgan fingerprint density at radius 1 is 1.06 bits per heavy atom. The summed E-state index contributed by atoms with van der Waals surface area (Å²) in [5.41, 5.74) is -0.108. The maximum atomic E-state index is 12.8. The van der Waals surface area contributed by atoms with E-state index in [4.69, 9.17) is 13.9 Å². The summed E-state index contributed by atoms with van der Waals surface area (Å²) in [6, 6.07) is 15.0. The van der Waals surface area contributed by atoms with Gasteiger partial charge in [0.2, 0.25) is 5.88 Å². The van der Waals surface area contributed by atoms with E-state index in [0.29, 0.717) is 40.1 Å². The van der Waals surface area contributed by atoms with E-state index in [9.17, 15) is 9.59 Å². The molecule has 0 radical (unpaired) electrons. The average Bonchev–Trinajstić information content (AvgIpc) is 3.30. The molecule has 0 saturated carbocycles. The van der Waals surface area contributed by atoms with Crippen LogP contribution in [-0.2, 0) is 0 Å². The van der Waals surface area contributed by atoms with Crippen molar-refractivity contribution in [2.45, 2.75) is 13.8 Å². The number of amides is 1. The first-order valence-electron chi connectivity index (χ1n) is 11.0. The Balaban J connectivity index is 1.33. The summed E-state index contributed by atoms with van der Waals surface area (Å²) in [5.74, 6) is 2.68. The van der Waals surface area contributed by atoms with Gasteiger partial charge in [0.15, 0.2) is 11.3 Å². The van der Waals surface area contributed by atoms with Crippen LogP contribution in [0, 0.1) is 13.8 Å². The Bertz CT molecular complexity index is 1640. The zero-order valence-electron chi connectivity index (χ0n) is 19.7. The maximum Gasteiger partial charge on any atom is 0.349 e. The number of imidazole rings is 1. The highest BCUT2D eigenvalue weighted by Crippen LogP contribution is 2.26. The Kier molecular flexibility index (Phi) is 5.91. The summed E-state index contributed by atoms with van der Waals surface area (Å²) >= 11 is 0. The number of nitrogens with zero attached hydrogens (tertiary/aromatic N) is 4. The SMILES string of the molecule is COc1cccc2cc(C(=O)Nc3ccc(Oc4cc(-n5ccnc5C)nc(C)n4)cc3)c(=O)oc12. The molecular formula is C26H21N5O5. The van der Waals surface area contributed by atoms with Crippen LogP contribution in [0.3, 0.4) is 0 Å². The number of rotatable bonds is 6. The average molecular weight is 483 g/mol. The van der Waals surface area contributed by atoms with Crippen molar-refractivity contribution >= 4 is 22.6 Å². The van der Waals surface area contributed by atoms with Crippen LogP contribution in [-0.4, -0.2) is 32.5 Å². The summed E-state index contributed by atoms with van der Waals surface area (Å²) in [5, 5.41) is 3.28. The first kappa shape index (κ1) is 22.8. The summed E-state index contributed by atoms with van der Waals surface area (Å²) in [6.07, 6.45) is 3.50. The quantitative estimate of drug-likeness (QED) is 0.352. The Labute approximate surface area is 205 Å². The standard InChI is InChI=1S/C26H21N5O5/c1-15-28-22(31-12-11-27-16(31)2)14-23(29-15)35-19-9-7-18(8-10-19)30-25(32)20-13-17-5-4-6-21(34-3)24(17)36-26(20)33/h4-14H,1-3H3,(H,30,32). The maximum absolute atomic E-state index is 12.8. The van der Waals surface area contributed by atoms with E-state index in [0.717, 1.165) is 5.82 Å². The molecule has 0 bridgehead atoms. The molecule has 0 aliphatic carbocycles. The number of aromatic nitrogens is 4. The van der Waals surface area contributed by atoms with Crippen LogP contribution >= 0.6 is 0 Å². The van der Waals surface area contributed by atoms with Gasteiger partial charge in [-0.05, 0) is 50.2 Å². The van der Waals surface area contributed by atoms with Crippen molar-refractivity contribution in [2.75, 3.05) is 12.4 Å². The number of nitrogens with one attached hydrogen (secondary N) is 1. The zero-order valence-corrected chi connectivity index (χ0v) is 19.7. The van der Waals surface area contributed by atoms with Gasteiger partial charge in [0, 0.05) is 29.5 Å². The van der Waals surface area contributed by atoms with E-state index in [1.165, 1.54) is 13.2 Å². The predicted molar refractivity (Wildman–Crippen MR) is 132 cm³/mol. The smallest absolute Gasteiger partial charge is 0.349 e. The first-order valence-corrected chi connectivity index (χ1v) is 11.0. The fourth-order valence-electron chi connectivity index (χ4n) is 3.68. The Morgan fingerprint density at radius 3 is 2.58 bits per heavy atom. The second kappa shape index (κ2) is 9.34. The number of hydrogen-bond acceptors (Lipinski definition) is 8. The molecule has 1 N–H and O–H groups in total. The lowest BCUT2D eigenvalue weighted by Crippen LogP contribution is -2.20. The molecule has 1 amide bonds. The third-order valence-corrected chi connectivity index (χ3v) is 5.40. The van der Waals surface area contributed by atoms with Gasteiger partial charge < -0.3 is 19.2 Å². The minimum Gasteiger partial charge on any atom is -0.493 e. The lowest BCUT2D eigenvalue weighted by atomic mass is 10.1. The van der Waals surface area contributed by atoms with Gasteiger partial charge in [0.1, 0.15) is 28.8 Å². The molecule has 3 aromatic heterocycles. The van der Waals surface area contributed by atoms with Crippen LogP contribution in [0.2, 0.25) is 0 Å². The van der Waals surface area contributed by atoms with Gasteiger partial charge in [-0.3, -0.25) is 9.36 Å². The highest BCUT2D eigenvalue weighted by atomic mass is 16.5. The number of carbonyl (C=O) groups excluding carboxylic acids is 1. The molecule has 0 fully saturated rings. The van der Waals surface area contributed by atoms with E-state index in [-0.39, 0.29) is 11.1 Å². The molecule has 10 heteroatoms. The Hall–Kier alpha value is -4.99. The summed E-state index contributed by atoms with van der Waals surface area (Å²) in [7, 11) is 1.48. The van der Waals surface area contributed by atoms with Crippen molar-refractivity contribution in [1.29, 1.82) is 0 Å². The second-order valence-electron chi connectivity index (χ2n) is 7.86. The van der Waals surface area contributed by atoms with Crippen LogP contribution in [0.1, 0.15) is 22.0 Å². The topological polar surface area (TPSA) is 121 Å². The molecule has 36 heavy (non-hydrogen) atoms. The summed E-state index contributed by atoms with van der Waals surface area (Å²) in [4.78, 5) is 38.2. The molecule has 0 aliphatic heterocycles. The molecule has 2 aromatic carbocycles. The fraction of sp³-hybridized carbons (Fsp3) is 0.115. The molecule has 5 rings (SSSR count). The van der Waals surface area contributed by atoms with Gasteiger partial charge in [0.25, 0.3) is 5.91 Å². The van der Waals surface area contributed by atoms with Gasteiger partial charge in [-0.15, -0.1) is 0 Å². The minimum absolute atomic E-state index is 0.116. The number of fused-ring (bicyclic) bond motifs is 1. The second-order valence-corrected chi connectivity index (χ2v) is 7.86. The number of carbonyl (C=O) groups is 1.